The second-order valence-electron chi connectivity index (χ2n) is 5.99. The zero-order chi connectivity index (χ0) is 19.0. The molecule has 0 aliphatic rings. The Morgan fingerprint density at radius 2 is 1.85 bits per heavy atom. The summed E-state index contributed by atoms with van der Waals surface area (Å²) in [5.41, 5.74) is 3.84. The van der Waals surface area contributed by atoms with Crippen molar-refractivity contribution < 1.29 is 4.79 Å². The van der Waals surface area contributed by atoms with Crippen LogP contribution in [0.25, 0.3) is 20.9 Å². The van der Waals surface area contributed by atoms with E-state index in [4.69, 9.17) is 23.2 Å². The zero-order valence-corrected chi connectivity index (χ0v) is 16.5. The molecule has 2 aromatic heterocycles. The van der Waals surface area contributed by atoms with Crippen molar-refractivity contribution in [2.75, 3.05) is 5.32 Å². The number of benzene rings is 2. The molecule has 0 radical (unpaired) electrons. The van der Waals surface area contributed by atoms with Gasteiger partial charge in [-0.05, 0) is 48.9 Å². The molecule has 0 saturated heterocycles. The third-order valence-corrected chi connectivity index (χ3v) is 5.49. The number of amides is 1. The Morgan fingerprint density at radius 1 is 1.07 bits per heavy atom. The van der Waals surface area contributed by atoms with Crippen molar-refractivity contribution in [2.24, 2.45) is 0 Å². The average Bonchev–Trinajstić information content (AvgIpc) is 3.07. The summed E-state index contributed by atoms with van der Waals surface area (Å²) in [6.07, 6.45) is 1.75. The Balaban J connectivity index is 1.67. The lowest BCUT2D eigenvalue weighted by atomic mass is 10.1. The highest BCUT2D eigenvalue weighted by Crippen LogP contribution is 2.31. The molecule has 0 aliphatic heterocycles. The lowest BCUT2D eigenvalue weighted by Crippen LogP contribution is -2.12. The number of nitrogens with zero attached hydrogens (tertiary/aromatic N) is 2. The quantitative estimate of drug-likeness (QED) is 0.433. The molecule has 2 heterocycles. The number of rotatable bonds is 3. The molecule has 27 heavy (non-hydrogen) atoms. The maximum atomic E-state index is 12.6. The zero-order valence-electron chi connectivity index (χ0n) is 14.2. The molecule has 0 bridgehead atoms. The Morgan fingerprint density at radius 3 is 2.59 bits per heavy atom. The van der Waals surface area contributed by atoms with Crippen molar-refractivity contribution in [3.63, 3.8) is 0 Å². The number of anilines is 1. The molecule has 4 rings (SSSR count). The summed E-state index contributed by atoms with van der Waals surface area (Å²) in [5.74, 6) is -0.273. The van der Waals surface area contributed by atoms with E-state index in [2.05, 4.69) is 15.3 Å². The largest absolute Gasteiger partial charge is 0.322 e. The van der Waals surface area contributed by atoms with E-state index < -0.39 is 0 Å². The Kier molecular flexibility index (Phi) is 4.83. The van der Waals surface area contributed by atoms with Gasteiger partial charge in [-0.1, -0.05) is 46.7 Å². The van der Waals surface area contributed by atoms with Crippen LogP contribution >= 0.6 is 34.5 Å². The number of hydrogen-bond acceptors (Lipinski definition) is 4. The monoisotopic (exact) mass is 413 g/mol. The van der Waals surface area contributed by atoms with E-state index in [1.54, 1.807) is 24.4 Å². The normalized spacial score (nSPS) is 10.9. The van der Waals surface area contributed by atoms with Gasteiger partial charge in [-0.15, -0.1) is 0 Å². The van der Waals surface area contributed by atoms with E-state index in [1.165, 1.54) is 11.3 Å². The van der Waals surface area contributed by atoms with Crippen LogP contribution in [0, 0.1) is 6.92 Å². The van der Waals surface area contributed by atoms with Gasteiger partial charge < -0.3 is 5.32 Å². The van der Waals surface area contributed by atoms with E-state index in [0.29, 0.717) is 21.3 Å². The molecule has 4 aromatic rings. The molecule has 4 nitrogen and oxygen atoms in total. The van der Waals surface area contributed by atoms with Crippen LogP contribution in [0.1, 0.15) is 15.9 Å². The van der Waals surface area contributed by atoms with Crippen molar-refractivity contribution >= 4 is 56.5 Å². The molecule has 0 fully saturated rings. The predicted octanol–water partition coefficient (Wildman–Crippen LogP) is 6.23. The standard InChI is InChI=1S/C20H13Cl2N3OS/c1-11-4-5-12(19-25-16-3-2-6-23-20(16)27-19)9-17(11)24-18(26)13-7-14(21)10-15(22)8-13/h2-10H,1H3,(H,24,26). The SMILES string of the molecule is Cc1ccc(-c2nc3cccnc3s2)cc1NC(=O)c1cc(Cl)cc(Cl)c1. The van der Waals surface area contributed by atoms with Crippen LogP contribution in [-0.4, -0.2) is 15.9 Å². The van der Waals surface area contributed by atoms with Crippen LogP contribution in [0.2, 0.25) is 10.0 Å². The topological polar surface area (TPSA) is 54.9 Å². The summed E-state index contributed by atoms with van der Waals surface area (Å²) >= 11 is 13.5. The van der Waals surface area contributed by atoms with Crippen molar-refractivity contribution in [1.82, 2.24) is 9.97 Å². The van der Waals surface area contributed by atoms with Gasteiger partial charge in [-0.2, -0.15) is 0 Å². The number of thiazole rings is 1. The second kappa shape index (κ2) is 7.27. The summed E-state index contributed by atoms with van der Waals surface area (Å²) in [4.78, 5) is 22.4. The van der Waals surface area contributed by atoms with E-state index in [-0.39, 0.29) is 5.91 Å². The van der Waals surface area contributed by atoms with Gasteiger partial charge in [0.05, 0.1) is 0 Å². The van der Waals surface area contributed by atoms with E-state index in [9.17, 15) is 4.79 Å². The first-order valence-electron chi connectivity index (χ1n) is 8.09. The molecular weight excluding hydrogens is 401 g/mol. The minimum Gasteiger partial charge on any atom is -0.322 e. The lowest BCUT2D eigenvalue weighted by Gasteiger charge is -2.10. The van der Waals surface area contributed by atoms with Gasteiger partial charge >= 0.3 is 0 Å². The number of hydrogen-bond donors (Lipinski definition) is 1. The van der Waals surface area contributed by atoms with Gasteiger partial charge in [-0.3, -0.25) is 4.79 Å². The summed E-state index contributed by atoms with van der Waals surface area (Å²) < 4.78 is 0. The Hall–Kier alpha value is -2.47. The predicted molar refractivity (Wildman–Crippen MR) is 112 cm³/mol. The number of fused-ring (bicyclic) bond motifs is 1. The van der Waals surface area contributed by atoms with Crippen LogP contribution in [0.4, 0.5) is 5.69 Å². The molecule has 1 amide bonds. The highest BCUT2D eigenvalue weighted by Gasteiger charge is 2.12. The fraction of sp³-hybridized carbons (Fsp3) is 0.0500. The summed E-state index contributed by atoms with van der Waals surface area (Å²) in [6.45, 7) is 1.93. The number of carbonyl (C=O) groups excluding carboxylic acids is 1. The van der Waals surface area contributed by atoms with Crippen molar-refractivity contribution in [2.45, 2.75) is 6.92 Å². The van der Waals surface area contributed by atoms with E-state index in [1.807, 2.05) is 37.3 Å². The molecular formula is C20H13Cl2N3OS. The fourth-order valence-corrected chi connectivity index (χ4v) is 4.09. The highest BCUT2D eigenvalue weighted by molar-refractivity contribution is 7.21. The number of halogens is 2. The van der Waals surface area contributed by atoms with E-state index in [0.717, 1.165) is 26.5 Å². The van der Waals surface area contributed by atoms with Gasteiger partial charge in [0.25, 0.3) is 5.91 Å². The minimum atomic E-state index is -0.273. The molecule has 0 spiro atoms. The van der Waals surface area contributed by atoms with Crippen LogP contribution in [0.5, 0.6) is 0 Å². The molecule has 2 aromatic carbocycles. The number of aromatic nitrogens is 2. The molecule has 1 N–H and O–H groups in total. The Labute approximate surface area is 169 Å². The minimum absolute atomic E-state index is 0.273. The first-order chi connectivity index (χ1) is 13.0. The second-order valence-corrected chi connectivity index (χ2v) is 7.84. The number of carbonyl (C=O) groups is 1. The van der Waals surface area contributed by atoms with Gasteiger partial charge in [0.1, 0.15) is 15.4 Å². The first-order valence-corrected chi connectivity index (χ1v) is 9.67. The summed E-state index contributed by atoms with van der Waals surface area (Å²) in [6, 6.07) is 14.4. The van der Waals surface area contributed by atoms with Crippen molar-refractivity contribution in [3.05, 3.63) is 75.9 Å². The summed E-state index contributed by atoms with van der Waals surface area (Å²) in [5, 5.41) is 4.62. The van der Waals surface area contributed by atoms with Crippen LogP contribution in [0.15, 0.2) is 54.7 Å². The summed E-state index contributed by atoms with van der Waals surface area (Å²) in [7, 11) is 0. The molecule has 0 unspecified atom stereocenters. The van der Waals surface area contributed by atoms with Crippen LogP contribution in [-0.2, 0) is 0 Å². The van der Waals surface area contributed by atoms with E-state index >= 15 is 0 Å². The maximum Gasteiger partial charge on any atom is 0.255 e. The van der Waals surface area contributed by atoms with Crippen molar-refractivity contribution in [1.29, 1.82) is 0 Å². The molecule has 0 aliphatic carbocycles. The third-order valence-electron chi connectivity index (χ3n) is 4.02. The molecule has 7 heteroatoms. The third kappa shape index (κ3) is 3.81. The maximum absolute atomic E-state index is 12.6. The van der Waals surface area contributed by atoms with Gasteiger partial charge in [-0.25, -0.2) is 9.97 Å². The number of aryl methyl sites for hydroxylation is 1. The molecule has 0 atom stereocenters. The van der Waals surface area contributed by atoms with Crippen molar-refractivity contribution in [3.8, 4) is 10.6 Å². The Bertz CT molecular complexity index is 1120. The first kappa shape index (κ1) is 17.9. The molecule has 0 saturated carbocycles. The fourth-order valence-electron chi connectivity index (χ4n) is 2.66. The smallest absolute Gasteiger partial charge is 0.255 e. The van der Waals surface area contributed by atoms with Crippen LogP contribution < -0.4 is 5.32 Å². The van der Waals surface area contributed by atoms with Crippen LogP contribution in [0.3, 0.4) is 0 Å². The highest BCUT2D eigenvalue weighted by atomic mass is 35.5. The van der Waals surface area contributed by atoms with Gasteiger partial charge in [0.15, 0.2) is 0 Å². The average molecular weight is 414 g/mol. The van der Waals surface area contributed by atoms with Gasteiger partial charge in [0.2, 0.25) is 0 Å². The number of pyridine rings is 1. The number of nitrogens with one attached hydrogen (secondary N) is 1. The molecule has 134 valence electrons. The lowest BCUT2D eigenvalue weighted by molar-refractivity contribution is 0.102. The van der Waals surface area contributed by atoms with Gasteiger partial charge in [0, 0.05) is 33.1 Å².